The van der Waals surface area contributed by atoms with Crippen molar-refractivity contribution >= 4 is 16.2 Å². The molecule has 0 spiro atoms. The first kappa shape index (κ1) is 10.7. The first-order chi connectivity index (χ1) is 4.99. The first-order valence-corrected chi connectivity index (χ1v) is 5.07. The van der Waals surface area contributed by atoms with Crippen molar-refractivity contribution in [3.8, 4) is 0 Å². The van der Waals surface area contributed by atoms with E-state index in [2.05, 4.69) is 13.8 Å². The quantitative estimate of drug-likeness (QED) is 0.466. The van der Waals surface area contributed by atoms with Crippen LogP contribution in [0.4, 0.5) is 0 Å². The molecule has 0 aromatic heterocycles. The minimum absolute atomic E-state index is 0.0401. The van der Waals surface area contributed by atoms with Gasteiger partial charge in [-0.15, -0.1) is 0 Å². The number of hydrogen-bond acceptors (Lipinski definition) is 2. The Kier molecular flexibility index (Phi) is 3.79. The molecule has 3 heteroatoms. The fourth-order valence-electron chi connectivity index (χ4n) is 1.02. The van der Waals surface area contributed by atoms with Crippen molar-refractivity contribution in [2.45, 2.75) is 32.2 Å². The Hall–Kier alpha value is -0.313. The number of hydrogen-bond donors (Lipinski definition) is 0. The Bertz CT molecular complexity index is 145. The van der Waals surface area contributed by atoms with Crippen LogP contribution in [0.3, 0.4) is 0 Å². The maximum Gasteiger partial charge on any atom is 0.308 e. The summed E-state index contributed by atoms with van der Waals surface area (Å²) in [5.41, 5.74) is 0. The van der Waals surface area contributed by atoms with Crippen molar-refractivity contribution in [1.82, 2.24) is 0 Å². The van der Waals surface area contributed by atoms with Crippen LogP contribution in [0.25, 0.3) is 0 Å². The molecule has 0 heterocycles. The molecule has 0 aliphatic heterocycles. The molecule has 1 atom stereocenters. The third kappa shape index (κ3) is 2.06. The lowest BCUT2D eigenvalue weighted by atomic mass is 9.92. The van der Waals surface area contributed by atoms with Gasteiger partial charge in [0.1, 0.15) is 0 Å². The van der Waals surface area contributed by atoms with E-state index in [-0.39, 0.29) is 11.0 Å². The average Bonchev–Trinajstić information content (AvgIpc) is 2.01. The highest BCUT2D eigenvalue weighted by Gasteiger charge is 2.35. The molecule has 0 aliphatic rings. The van der Waals surface area contributed by atoms with Crippen LogP contribution in [0, 0.1) is 5.92 Å². The van der Waals surface area contributed by atoms with Gasteiger partial charge in [-0.2, -0.15) is 0 Å². The summed E-state index contributed by atoms with van der Waals surface area (Å²) in [7, 11) is 2.34. The molecule has 0 aliphatic carbocycles. The number of carbonyl (C=O) groups excluding carboxylic acids is 1. The molecule has 0 saturated heterocycles. The van der Waals surface area contributed by atoms with Crippen LogP contribution in [0.1, 0.15) is 27.2 Å². The summed E-state index contributed by atoms with van der Waals surface area (Å²) in [4.78, 5) is 11.3. The van der Waals surface area contributed by atoms with Gasteiger partial charge in [0.25, 0.3) is 0 Å². The van der Waals surface area contributed by atoms with Crippen molar-refractivity contribution in [1.29, 1.82) is 0 Å². The molecule has 11 heavy (non-hydrogen) atoms. The van der Waals surface area contributed by atoms with Crippen molar-refractivity contribution in [2.75, 3.05) is 7.11 Å². The Morgan fingerprint density at radius 2 is 2.09 bits per heavy atom. The minimum Gasteiger partial charge on any atom is -0.469 e. The topological polar surface area (TPSA) is 26.3 Å². The molecule has 0 radical (unpaired) electrons. The largest absolute Gasteiger partial charge is 0.469 e. The van der Waals surface area contributed by atoms with E-state index >= 15 is 0 Å². The Balaban J connectivity index is 4.45. The highest BCUT2D eigenvalue weighted by molar-refractivity contribution is 6.27. The van der Waals surface area contributed by atoms with E-state index < -0.39 is 0 Å². The summed E-state index contributed by atoms with van der Waals surface area (Å²) in [6.07, 6.45) is 0.892. The number of rotatable bonds is 3. The second kappa shape index (κ2) is 3.90. The van der Waals surface area contributed by atoms with Gasteiger partial charge in [0.15, 0.2) is 0 Å². The van der Waals surface area contributed by atoms with Gasteiger partial charge in [0.2, 0.25) is 0 Å². The monoisotopic (exact) mass is 174 g/mol. The van der Waals surface area contributed by atoms with Crippen LogP contribution in [0.2, 0.25) is 5.04 Å². The molecule has 0 aromatic carbocycles. The van der Waals surface area contributed by atoms with E-state index in [0.29, 0.717) is 5.92 Å². The van der Waals surface area contributed by atoms with Gasteiger partial charge in [-0.1, -0.05) is 20.8 Å². The standard InChI is InChI=1S/C8H18O2Si/c1-5-8(11,6(2)3)7(9)10-4/h6H,5H2,1-4,11H3. The van der Waals surface area contributed by atoms with Crippen LogP contribution in [-0.2, 0) is 9.53 Å². The SMILES string of the molecule is CCC([SiH3])(C(=O)OC)C(C)C. The maximum absolute atomic E-state index is 11.3. The fraction of sp³-hybridized carbons (Fsp3) is 0.875. The van der Waals surface area contributed by atoms with Crippen LogP contribution >= 0.6 is 0 Å². The molecule has 2 nitrogen and oxygen atoms in total. The summed E-state index contributed by atoms with van der Waals surface area (Å²) < 4.78 is 4.76. The van der Waals surface area contributed by atoms with Gasteiger partial charge in [-0.25, -0.2) is 0 Å². The van der Waals surface area contributed by atoms with Crippen molar-refractivity contribution in [3.63, 3.8) is 0 Å². The van der Waals surface area contributed by atoms with Gasteiger partial charge in [-0.05, 0) is 12.3 Å². The lowest BCUT2D eigenvalue weighted by molar-refractivity contribution is -0.145. The summed E-state index contributed by atoms with van der Waals surface area (Å²) in [6, 6.07) is 0. The highest BCUT2D eigenvalue weighted by atomic mass is 28.1. The van der Waals surface area contributed by atoms with Gasteiger partial charge in [0.05, 0.1) is 12.1 Å². The Labute approximate surface area is 71.7 Å². The smallest absolute Gasteiger partial charge is 0.308 e. The number of ether oxygens (including phenoxy) is 1. The zero-order chi connectivity index (χ0) is 9.07. The zero-order valence-electron chi connectivity index (χ0n) is 8.10. The third-order valence-electron chi connectivity index (χ3n) is 2.66. The van der Waals surface area contributed by atoms with E-state index in [1.807, 2.05) is 6.92 Å². The molecule has 0 N–H and O–H groups in total. The van der Waals surface area contributed by atoms with Gasteiger partial charge in [-0.3, -0.25) is 4.79 Å². The summed E-state index contributed by atoms with van der Waals surface area (Å²) in [6.45, 7) is 6.20. The van der Waals surface area contributed by atoms with Crippen molar-refractivity contribution in [2.24, 2.45) is 5.92 Å². The van der Waals surface area contributed by atoms with Crippen LogP contribution in [0.5, 0.6) is 0 Å². The summed E-state index contributed by atoms with van der Waals surface area (Å²) in [5.74, 6) is 0.355. The van der Waals surface area contributed by atoms with Crippen molar-refractivity contribution < 1.29 is 9.53 Å². The molecular weight excluding hydrogens is 156 g/mol. The maximum atomic E-state index is 11.3. The molecule has 0 aromatic rings. The first-order valence-electron chi connectivity index (χ1n) is 4.07. The van der Waals surface area contributed by atoms with E-state index in [1.165, 1.54) is 7.11 Å². The van der Waals surface area contributed by atoms with Crippen LogP contribution < -0.4 is 0 Å². The number of carbonyl (C=O) groups is 1. The third-order valence-corrected chi connectivity index (χ3v) is 4.93. The van der Waals surface area contributed by atoms with Gasteiger partial charge < -0.3 is 4.74 Å². The second-order valence-electron chi connectivity index (χ2n) is 3.42. The minimum atomic E-state index is -0.172. The summed E-state index contributed by atoms with van der Waals surface area (Å²) >= 11 is 0. The Morgan fingerprint density at radius 3 is 2.18 bits per heavy atom. The number of methoxy groups -OCH3 is 1. The molecular formula is C8H18O2Si. The predicted molar refractivity (Wildman–Crippen MR) is 49.8 cm³/mol. The second-order valence-corrected chi connectivity index (χ2v) is 5.20. The molecule has 1 unspecified atom stereocenters. The molecule has 66 valence electrons. The molecule has 0 amide bonds. The molecule has 0 bridgehead atoms. The van der Waals surface area contributed by atoms with E-state index in [4.69, 9.17) is 4.74 Å². The molecule has 0 saturated carbocycles. The predicted octanol–water partition coefficient (Wildman–Crippen LogP) is 0.750. The highest BCUT2D eigenvalue weighted by Crippen LogP contribution is 2.36. The fourth-order valence-corrected chi connectivity index (χ4v) is 1.23. The molecule has 0 fully saturated rings. The molecule has 0 rings (SSSR count). The van der Waals surface area contributed by atoms with Crippen LogP contribution in [-0.4, -0.2) is 23.3 Å². The summed E-state index contributed by atoms with van der Waals surface area (Å²) in [5, 5.41) is -0.172. The van der Waals surface area contributed by atoms with Gasteiger partial charge >= 0.3 is 5.97 Å². The normalized spacial score (nSPS) is 16.5. The van der Waals surface area contributed by atoms with E-state index in [0.717, 1.165) is 16.7 Å². The average molecular weight is 174 g/mol. The lowest BCUT2D eigenvalue weighted by Gasteiger charge is -2.29. The lowest BCUT2D eigenvalue weighted by Crippen LogP contribution is -2.30. The zero-order valence-corrected chi connectivity index (χ0v) is 10.1. The Morgan fingerprint density at radius 1 is 1.64 bits per heavy atom. The van der Waals surface area contributed by atoms with E-state index in [1.54, 1.807) is 0 Å². The van der Waals surface area contributed by atoms with Crippen molar-refractivity contribution in [3.05, 3.63) is 0 Å². The number of esters is 1. The van der Waals surface area contributed by atoms with E-state index in [9.17, 15) is 4.79 Å². The van der Waals surface area contributed by atoms with Gasteiger partial charge in [0, 0.05) is 10.2 Å². The van der Waals surface area contributed by atoms with Crippen LogP contribution in [0.15, 0.2) is 0 Å².